The number of nitrogens with two attached hydrogens (primary N) is 1. The summed E-state index contributed by atoms with van der Waals surface area (Å²) < 4.78 is 1.90. The monoisotopic (exact) mass is 423 g/mol. The molecule has 0 radical (unpaired) electrons. The summed E-state index contributed by atoms with van der Waals surface area (Å²) in [7, 11) is 0. The van der Waals surface area contributed by atoms with Crippen molar-refractivity contribution in [3.8, 4) is 0 Å². The summed E-state index contributed by atoms with van der Waals surface area (Å²) >= 11 is 0. The molecule has 0 aliphatic carbocycles. The molecule has 3 amide bonds. The Morgan fingerprint density at radius 1 is 1.19 bits per heavy atom. The third kappa shape index (κ3) is 3.72. The lowest BCUT2D eigenvalue weighted by Gasteiger charge is -2.29. The molecule has 10 nitrogen and oxygen atoms in total. The van der Waals surface area contributed by atoms with Crippen molar-refractivity contribution in [1.29, 1.82) is 0 Å². The number of benzene rings is 1. The minimum absolute atomic E-state index is 0.140. The highest BCUT2D eigenvalue weighted by molar-refractivity contribution is 6.05. The quantitative estimate of drug-likeness (QED) is 0.646. The van der Waals surface area contributed by atoms with E-state index in [9.17, 15) is 14.4 Å². The van der Waals surface area contributed by atoms with E-state index in [1.807, 2.05) is 23.0 Å². The fourth-order valence-corrected chi connectivity index (χ4v) is 4.74. The molecule has 3 N–H and O–H groups in total. The van der Waals surface area contributed by atoms with Crippen molar-refractivity contribution in [3.05, 3.63) is 46.8 Å². The van der Waals surface area contributed by atoms with Crippen LogP contribution in [0.3, 0.4) is 0 Å². The molecule has 10 heteroatoms. The maximum Gasteiger partial charge on any atom is 0.255 e. The minimum atomic E-state index is -0.582. The molecule has 2 atom stereocenters. The average Bonchev–Trinajstić information content (AvgIpc) is 3.47. The number of fused-ring (bicyclic) bond motifs is 1. The van der Waals surface area contributed by atoms with Crippen LogP contribution in [0.2, 0.25) is 0 Å². The van der Waals surface area contributed by atoms with Gasteiger partial charge in [-0.3, -0.25) is 24.6 Å². The highest BCUT2D eigenvalue weighted by atomic mass is 16.2. The van der Waals surface area contributed by atoms with Crippen molar-refractivity contribution in [3.63, 3.8) is 0 Å². The first-order chi connectivity index (χ1) is 15.0. The second kappa shape index (κ2) is 7.86. The Balaban J connectivity index is 1.24. The zero-order valence-corrected chi connectivity index (χ0v) is 17.2. The number of hydrogen-bond acceptors (Lipinski definition) is 7. The molecule has 2 aromatic rings. The zero-order chi connectivity index (χ0) is 21.5. The van der Waals surface area contributed by atoms with Crippen LogP contribution >= 0.6 is 0 Å². The molecule has 0 bridgehead atoms. The van der Waals surface area contributed by atoms with E-state index in [1.165, 1.54) is 0 Å². The number of rotatable bonds is 5. The summed E-state index contributed by atoms with van der Waals surface area (Å²) in [6.45, 7) is 3.42. The van der Waals surface area contributed by atoms with Gasteiger partial charge in [0.15, 0.2) is 0 Å². The van der Waals surface area contributed by atoms with Crippen molar-refractivity contribution in [2.45, 2.75) is 51.0 Å². The van der Waals surface area contributed by atoms with Crippen molar-refractivity contribution in [2.24, 2.45) is 5.73 Å². The molecule has 3 aliphatic rings. The normalized spacial score (nSPS) is 24.0. The Kier molecular flexibility index (Phi) is 5.03. The van der Waals surface area contributed by atoms with Crippen LogP contribution in [0.1, 0.15) is 52.5 Å². The van der Waals surface area contributed by atoms with Crippen LogP contribution in [0.25, 0.3) is 0 Å². The van der Waals surface area contributed by atoms with Crippen LogP contribution < -0.4 is 11.1 Å². The van der Waals surface area contributed by atoms with E-state index in [1.54, 1.807) is 4.90 Å². The van der Waals surface area contributed by atoms with Crippen molar-refractivity contribution in [2.75, 3.05) is 13.1 Å². The van der Waals surface area contributed by atoms with E-state index in [2.05, 4.69) is 26.6 Å². The first kappa shape index (κ1) is 19.8. The van der Waals surface area contributed by atoms with E-state index in [0.29, 0.717) is 25.1 Å². The molecule has 2 saturated heterocycles. The maximum absolute atomic E-state index is 12.8. The van der Waals surface area contributed by atoms with Gasteiger partial charge in [0.2, 0.25) is 11.8 Å². The number of piperidine rings is 1. The molecular weight excluding hydrogens is 398 g/mol. The highest BCUT2D eigenvalue weighted by Crippen LogP contribution is 2.29. The predicted molar refractivity (Wildman–Crippen MR) is 109 cm³/mol. The van der Waals surface area contributed by atoms with Crippen LogP contribution in [0.5, 0.6) is 0 Å². The molecule has 162 valence electrons. The molecule has 1 aromatic carbocycles. The van der Waals surface area contributed by atoms with E-state index in [-0.39, 0.29) is 30.2 Å². The Bertz CT molecular complexity index is 1050. The third-order valence-corrected chi connectivity index (χ3v) is 6.38. The summed E-state index contributed by atoms with van der Waals surface area (Å²) in [5, 5.41) is 10.6. The van der Waals surface area contributed by atoms with Gasteiger partial charge in [0.1, 0.15) is 6.04 Å². The van der Waals surface area contributed by atoms with Crippen LogP contribution in [0.15, 0.2) is 24.4 Å². The van der Waals surface area contributed by atoms with Gasteiger partial charge in [0, 0.05) is 44.7 Å². The van der Waals surface area contributed by atoms with Crippen LogP contribution in [-0.4, -0.2) is 61.6 Å². The largest absolute Gasteiger partial charge is 0.325 e. The Labute approximate surface area is 179 Å². The van der Waals surface area contributed by atoms with Gasteiger partial charge >= 0.3 is 0 Å². The van der Waals surface area contributed by atoms with Gasteiger partial charge in [-0.15, -0.1) is 5.10 Å². The summed E-state index contributed by atoms with van der Waals surface area (Å²) in [6.07, 6.45) is 3.55. The molecule has 31 heavy (non-hydrogen) atoms. The third-order valence-electron chi connectivity index (χ3n) is 6.38. The molecule has 2 fully saturated rings. The number of carbonyl (C=O) groups is 3. The van der Waals surface area contributed by atoms with E-state index >= 15 is 0 Å². The maximum atomic E-state index is 12.8. The topological polar surface area (TPSA) is 126 Å². The Morgan fingerprint density at radius 3 is 2.84 bits per heavy atom. The number of imide groups is 1. The van der Waals surface area contributed by atoms with Gasteiger partial charge in [-0.2, -0.15) is 0 Å². The predicted octanol–water partition coefficient (Wildman–Crippen LogP) is -0.0552. The van der Waals surface area contributed by atoms with Crippen molar-refractivity contribution in [1.82, 2.24) is 30.1 Å². The van der Waals surface area contributed by atoms with Gasteiger partial charge in [-0.1, -0.05) is 17.3 Å². The first-order valence-electron chi connectivity index (χ1n) is 10.6. The summed E-state index contributed by atoms with van der Waals surface area (Å²) in [5.74, 6) is -0.799. The Hall–Kier alpha value is -3.11. The smallest absolute Gasteiger partial charge is 0.255 e. The second-order valence-electron chi connectivity index (χ2n) is 8.46. The summed E-state index contributed by atoms with van der Waals surface area (Å²) in [6, 6.07) is 5.61. The lowest BCUT2D eigenvalue weighted by molar-refractivity contribution is -0.136. The Morgan fingerprint density at radius 2 is 2.06 bits per heavy atom. The van der Waals surface area contributed by atoms with E-state index in [0.717, 1.165) is 42.9 Å². The lowest BCUT2D eigenvalue weighted by Crippen LogP contribution is -2.52. The number of aromatic nitrogens is 3. The van der Waals surface area contributed by atoms with E-state index < -0.39 is 6.04 Å². The fourth-order valence-electron chi connectivity index (χ4n) is 4.74. The van der Waals surface area contributed by atoms with Crippen LogP contribution in [0.4, 0.5) is 0 Å². The average molecular weight is 423 g/mol. The number of amides is 3. The highest BCUT2D eigenvalue weighted by Gasteiger charge is 2.39. The summed E-state index contributed by atoms with van der Waals surface area (Å²) in [4.78, 5) is 40.4. The number of nitrogens with zero attached hydrogens (tertiary/aromatic N) is 5. The number of hydrogen-bond donors (Lipinski definition) is 2. The standard InChI is InChI=1S/C21H25N7O3/c22-8-15-11-28(25-24-15)16-5-6-26(12-16)9-13-1-2-17-14(7-13)10-27(21(17)31)18-3-4-19(29)23-20(18)30/h1-2,7,11,16,18H,3-6,8-10,12,22H2,(H,23,29,30). The van der Waals surface area contributed by atoms with Crippen LogP contribution in [-0.2, 0) is 29.2 Å². The molecule has 0 saturated carbocycles. The summed E-state index contributed by atoms with van der Waals surface area (Å²) in [5.41, 5.74) is 9.14. The van der Waals surface area contributed by atoms with Gasteiger partial charge < -0.3 is 10.6 Å². The van der Waals surface area contributed by atoms with E-state index in [4.69, 9.17) is 5.73 Å². The molecule has 5 rings (SSSR count). The number of nitrogens with one attached hydrogen (secondary N) is 1. The molecule has 3 aliphatic heterocycles. The molecule has 2 unspecified atom stereocenters. The van der Waals surface area contributed by atoms with Gasteiger partial charge in [-0.05, 0) is 30.0 Å². The molecule has 4 heterocycles. The zero-order valence-electron chi connectivity index (χ0n) is 17.2. The number of likely N-dealkylation sites (tertiary alicyclic amines) is 1. The van der Waals surface area contributed by atoms with Gasteiger partial charge in [0.25, 0.3) is 5.91 Å². The number of carbonyl (C=O) groups excluding carboxylic acids is 3. The fraction of sp³-hybridized carbons (Fsp3) is 0.476. The first-order valence-corrected chi connectivity index (χ1v) is 10.6. The lowest BCUT2D eigenvalue weighted by atomic mass is 10.0. The van der Waals surface area contributed by atoms with Crippen LogP contribution in [0, 0.1) is 0 Å². The molecule has 0 spiro atoms. The van der Waals surface area contributed by atoms with Crippen molar-refractivity contribution >= 4 is 17.7 Å². The van der Waals surface area contributed by atoms with Gasteiger partial charge in [0.05, 0.1) is 17.9 Å². The molecular formula is C21H25N7O3. The van der Waals surface area contributed by atoms with Crippen molar-refractivity contribution < 1.29 is 14.4 Å². The van der Waals surface area contributed by atoms with Gasteiger partial charge in [-0.25, -0.2) is 4.68 Å². The minimum Gasteiger partial charge on any atom is -0.325 e. The second-order valence-corrected chi connectivity index (χ2v) is 8.46. The molecule has 1 aromatic heterocycles. The SMILES string of the molecule is NCc1cn(C2CCN(Cc3ccc4c(c3)CN(C3CCC(=O)NC3=O)C4=O)C2)nn1.